The van der Waals surface area contributed by atoms with Crippen molar-refractivity contribution in [2.75, 3.05) is 12.4 Å². The molecule has 0 saturated carbocycles. The number of carbonyl (C=O) groups excluding carboxylic acids is 2. The Hall–Kier alpha value is -1.99. The third-order valence-corrected chi connectivity index (χ3v) is 3.51. The molecule has 0 radical (unpaired) electrons. The monoisotopic (exact) mass is 401 g/mol. The molecule has 2 rings (SSSR count). The fourth-order valence-electron chi connectivity index (χ4n) is 1.71. The van der Waals surface area contributed by atoms with Crippen molar-refractivity contribution in [2.24, 2.45) is 0 Å². The van der Waals surface area contributed by atoms with E-state index < -0.39 is 18.0 Å². The molecule has 1 atom stereocenters. The molecule has 23 heavy (non-hydrogen) atoms. The largest absolute Gasteiger partial charge is 0.495 e. The molecule has 0 saturated heterocycles. The molecular weight excluding hydrogens is 390 g/mol. The Morgan fingerprint density at radius 3 is 2.65 bits per heavy atom. The standard InChI is InChI=1S/C15H13BrClNO5/c1-8(22-15(20)12-5-6-13(16)23-12)14(19)18-10-7-9(17)3-4-11(10)21-2/h3-8H,1-2H3,(H,18,19)/t8-/m0/s1. The third kappa shape index (κ3) is 4.49. The zero-order chi connectivity index (χ0) is 17.0. The molecule has 0 fully saturated rings. The number of esters is 1. The first kappa shape index (κ1) is 17.4. The van der Waals surface area contributed by atoms with Crippen LogP contribution in [0.3, 0.4) is 0 Å². The number of anilines is 1. The molecule has 1 aromatic heterocycles. The van der Waals surface area contributed by atoms with E-state index in [2.05, 4.69) is 21.2 Å². The van der Waals surface area contributed by atoms with E-state index in [1.807, 2.05) is 0 Å². The van der Waals surface area contributed by atoms with Crippen LogP contribution in [-0.4, -0.2) is 25.1 Å². The summed E-state index contributed by atoms with van der Waals surface area (Å²) in [5, 5.41) is 3.03. The lowest BCUT2D eigenvalue weighted by molar-refractivity contribution is -0.123. The van der Waals surface area contributed by atoms with E-state index in [9.17, 15) is 9.59 Å². The number of carbonyl (C=O) groups is 2. The van der Waals surface area contributed by atoms with Crippen molar-refractivity contribution < 1.29 is 23.5 Å². The van der Waals surface area contributed by atoms with Gasteiger partial charge in [-0.3, -0.25) is 4.79 Å². The average Bonchev–Trinajstić information content (AvgIpc) is 2.94. The lowest BCUT2D eigenvalue weighted by atomic mass is 10.2. The SMILES string of the molecule is COc1ccc(Cl)cc1NC(=O)[C@H](C)OC(=O)c1ccc(Br)o1. The van der Waals surface area contributed by atoms with E-state index in [1.165, 1.54) is 26.2 Å². The summed E-state index contributed by atoms with van der Waals surface area (Å²) in [6.45, 7) is 1.45. The Balaban J connectivity index is 2.03. The molecule has 0 bridgehead atoms. The van der Waals surface area contributed by atoms with Gasteiger partial charge in [0.1, 0.15) is 5.75 Å². The summed E-state index contributed by atoms with van der Waals surface area (Å²) in [6, 6.07) is 7.79. The molecule has 0 aliphatic rings. The topological polar surface area (TPSA) is 77.8 Å². The van der Waals surface area contributed by atoms with E-state index in [-0.39, 0.29) is 5.76 Å². The molecule has 0 aliphatic heterocycles. The normalized spacial score (nSPS) is 11.7. The molecule has 1 heterocycles. The van der Waals surface area contributed by atoms with Crippen molar-refractivity contribution in [3.63, 3.8) is 0 Å². The highest BCUT2D eigenvalue weighted by Crippen LogP contribution is 2.28. The number of nitrogens with one attached hydrogen (secondary N) is 1. The molecule has 0 unspecified atom stereocenters. The summed E-state index contributed by atoms with van der Waals surface area (Å²) in [5.74, 6) is -0.825. The number of amides is 1. The zero-order valence-corrected chi connectivity index (χ0v) is 14.6. The third-order valence-electron chi connectivity index (χ3n) is 2.85. The summed E-state index contributed by atoms with van der Waals surface area (Å²) < 4.78 is 15.6. The number of methoxy groups -OCH3 is 1. The second-order valence-corrected chi connectivity index (χ2v) is 5.70. The van der Waals surface area contributed by atoms with Gasteiger partial charge in [0, 0.05) is 5.02 Å². The first-order valence-electron chi connectivity index (χ1n) is 6.51. The number of halogens is 2. The van der Waals surface area contributed by atoms with E-state index >= 15 is 0 Å². The van der Waals surface area contributed by atoms with Crippen LogP contribution in [-0.2, 0) is 9.53 Å². The van der Waals surface area contributed by atoms with Gasteiger partial charge in [0.25, 0.3) is 5.91 Å². The number of hydrogen-bond donors (Lipinski definition) is 1. The quantitative estimate of drug-likeness (QED) is 0.768. The highest BCUT2D eigenvalue weighted by atomic mass is 79.9. The number of benzene rings is 1. The molecule has 1 aromatic carbocycles. The van der Waals surface area contributed by atoms with Crippen molar-refractivity contribution >= 4 is 45.1 Å². The van der Waals surface area contributed by atoms with Crippen molar-refractivity contribution in [2.45, 2.75) is 13.0 Å². The van der Waals surface area contributed by atoms with Crippen molar-refractivity contribution in [3.8, 4) is 5.75 Å². The molecule has 122 valence electrons. The number of furan rings is 1. The highest BCUT2D eigenvalue weighted by molar-refractivity contribution is 9.10. The lowest BCUT2D eigenvalue weighted by Crippen LogP contribution is -2.30. The van der Waals surface area contributed by atoms with E-state index in [1.54, 1.807) is 18.2 Å². The van der Waals surface area contributed by atoms with Gasteiger partial charge in [0.15, 0.2) is 10.8 Å². The van der Waals surface area contributed by atoms with Crippen molar-refractivity contribution in [1.82, 2.24) is 0 Å². The summed E-state index contributed by atoms with van der Waals surface area (Å²) in [6.07, 6.45) is -1.03. The van der Waals surface area contributed by atoms with Crippen LogP contribution in [0.2, 0.25) is 5.02 Å². The smallest absolute Gasteiger partial charge is 0.375 e. The number of ether oxygens (including phenoxy) is 2. The average molecular weight is 403 g/mol. The van der Waals surface area contributed by atoms with Crippen molar-refractivity contribution in [1.29, 1.82) is 0 Å². The van der Waals surface area contributed by atoms with Crippen LogP contribution < -0.4 is 10.1 Å². The predicted molar refractivity (Wildman–Crippen MR) is 87.9 cm³/mol. The summed E-state index contributed by atoms with van der Waals surface area (Å²) in [5.41, 5.74) is 0.383. The summed E-state index contributed by atoms with van der Waals surface area (Å²) >= 11 is 8.98. The molecule has 0 spiro atoms. The zero-order valence-electron chi connectivity index (χ0n) is 12.3. The molecule has 2 aromatic rings. The van der Waals surface area contributed by atoms with Gasteiger partial charge in [-0.15, -0.1) is 0 Å². The maximum Gasteiger partial charge on any atom is 0.375 e. The van der Waals surface area contributed by atoms with Gasteiger partial charge in [-0.1, -0.05) is 11.6 Å². The first-order chi connectivity index (χ1) is 10.9. The summed E-state index contributed by atoms with van der Waals surface area (Å²) in [7, 11) is 1.47. The first-order valence-corrected chi connectivity index (χ1v) is 7.68. The van der Waals surface area contributed by atoms with Crippen LogP contribution in [0, 0.1) is 0 Å². The Labute approximate surface area is 145 Å². The second-order valence-electron chi connectivity index (χ2n) is 4.49. The Kier molecular flexibility index (Phi) is 5.68. The number of hydrogen-bond acceptors (Lipinski definition) is 5. The van der Waals surface area contributed by atoms with Gasteiger partial charge in [-0.05, 0) is 53.2 Å². The van der Waals surface area contributed by atoms with Crippen LogP contribution >= 0.6 is 27.5 Å². The second kappa shape index (κ2) is 7.52. The number of rotatable bonds is 5. The van der Waals surface area contributed by atoms with Crippen LogP contribution in [0.5, 0.6) is 5.75 Å². The van der Waals surface area contributed by atoms with Crippen LogP contribution in [0.4, 0.5) is 5.69 Å². The molecule has 1 amide bonds. The minimum atomic E-state index is -1.03. The minimum absolute atomic E-state index is 0.00291. The van der Waals surface area contributed by atoms with Gasteiger partial charge in [-0.2, -0.15) is 0 Å². The molecule has 0 aliphatic carbocycles. The molecule has 8 heteroatoms. The maximum atomic E-state index is 12.1. The van der Waals surface area contributed by atoms with E-state index in [4.69, 9.17) is 25.5 Å². The van der Waals surface area contributed by atoms with Gasteiger partial charge in [0.2, 0.25) is 5.76 Å². The molecular formula is C15H13BrClNO5. The Bertz CT molecular complexity index is 730. The van der Waals surface area contributed by atoms with Gasteiger partial charge in [-0.25, -0.2) is 4.79 Å². The van der Waals surface area contributed by atoms with Gasteiger partial charge >= 0.3 is 5.97 Å². The Morgan fingerprint density at radius 1 is 1.30 bits per heavy atom. The van der Waals surface area contributed by atoms with E-state index in [0.29, 0.717) is 21.1 Å². The van der Waals surface area contributed by atoms with Crippen LogP contribution in [0.15, 0.2) is 39.4 Å². The Morgan fingerprint density at radius 2 is 2.04 bits per heavy atom. The minimum Gasteiger partial charge on any atom is -0.495 e. The van der Waals surface area contributed by atoms with Crippen LogP contribution in [0.25, 0.3) is 0 Å². The van der Waals surface area contributed by atoms with Crippen molar-refractivity contribution in [3.05, 3.63) is 45.8 Å². The fraction of sp³-hybridized carbons (Fsp3) is 0.200. The van der Waals surface area contributed by atoms with Gasteiger partial charge in [0.05, 0.1) is 12.8 Å². The predicted octanol–water partition coefficient (Wildman–Crippen LogP) is 3.89. The highest BCUT2D eigenvalue weighted by Gasteiger charge is 2.22. The fourth-order valence-corrected chi connectivity index (χ4v) is 2.19. The molecule has 6 nitrogen and oxygen atoms in total. The van der Waals surface area contributed by atoms with E-state index in [0.717, 1.165) is 0 Å². The van der Waals surface area contributed by atoms with Gasteiger partial charge < -0.3 is 19.2 Å². The maximum absolute atomic E-state index is 12.1. The lowest BCUT2D eigenvalue weighted by Gasteiger charge is -2.14. The molecule has 1 N–H and O–H groups in total. The summed E-state index contributed by atoms with van der Waals surface area (Å²) in [4.78, 5) is 24.0. The van der Waals surface area contributed by atoms with Crippen LogP contribution in [0.1, 0.15) is 17.5 Å².